The predicted molar refractivity (Wildman–Crippen MR) is 109 cm³/mol. The second kappa shape index (κ2) is 8.89. The van der Waals surface area contributed by atoms with Crippen molar-refractivity contribution in [1.82, 2.24) is 30.1 Å². The van der Waals surface area contributed by atoms with Crippen LogP contribution in [0.1, 0.15) is 47.9 Å². The van der Waals surface area contributed by atoms with Gasteiger partial charge in [-0.2, -0.15) is 5.10 Å². The molecule has 1 aromatic carbocycles. The van der Waals surface area contributed by atoms with Crippen molar-refractivity contribution in [3.8, 4) is 5.69 Å². The van der Waals surface area contributed by atoms with Gasteiger partial charge in [0.2, 0.25) is 0 Å². The molecule has 2 aromatic heterocycles. The van der Waals surface area contributed by atoms with Crippen LogP contribution < -0.4 is 10.4 Å². The van der Waals surface area contributed by atoms with Gasteiger partial charge in [0, 0.05) is 31.5 Å². The molecule has 0 atom stereocenters. The van der Waals surface area contributed by atoms with Crippen LogP contribution in [0.2, 0.25) is 0 Å². The Kier molecular flexibility index (Phi) is 5.87. The number of aromatic nitrogens is 5. The summed E-state index contributed by atoms with van der Waals surface area (Å²) in [6.07, 6.45) is 7.07. The SMILES string of the molecule is CCN=C([O-])c1ccc(-n2nnc(C(=O)NC3CC3)c2CCCn2cccn2)cc1. The molecular weight excluding hydrogens is 382 g/mol. The largest absolute Gasteiger partial charge is 0.858 e. The van der Waals surface area contributed by atoms with Crippen molar-refractivity contribution < 1.29 is 9.90 Å². The van der Waals surface area contributed by atoms with Gasteiger partial charge in [0.1, 0.15) is 0 Å². The summed E-state index contributed by atoms with van der Waals surface area (Å²) in [5.41, 5.74) is 2.36. The minimum atomic E-state index is -0.244. The van der Waals surface area contributed by atoms with Crippen molar-refractivity contribution in [3.63, 3.8) is 0 Å². The highest BCUT2D eigenvalue weighted by Crippen LogP contribution is 2.21. The van der Waals surface area contributed by atoms with Crippen molar-refractivity contribution in [1.29, 1.82) is 0 Å². The number of aryl methyl sites for hydroxylation is 1. The van der Waals surface area contributed by atoms with Crippen molar-refractivity contribution in [2.24, 2.45) is 4.99 Å². The van der Waals surface area contributed by atoms with Crippen LogP contribution >= 0.6 is 0 Å². The lowest BCUT2D eigenvalue weighted by molar-refractivity contribution is -0.213. The average Bonchev–Trinajstić information content (AvgIpc) is 3.24. The van der Waals surface area contributed by atoms with Gasteiger partial charge in [0.15, 0.2) is 5.69 Å². The lowest BCUT2D eigenvalue weighted by Crippen LogP contribution is -2.27. The second-order valence-electron chi connectivity index (χ2n) is 7.24. The van der Waals surface area contributed by atoms with Crippen LogP contribution in [0.15, 0.2) is 47.7 Å². The van der Waals surface area contributed by atoms with E-state index in [0.29, 0.717) is 24.2 Å². The van der Waals surface area contributed by atoms with E-state index in [9.17, 15) is 9.90 Å². The third-order valence-corrected chi connectivity index (χ3v) is 4.91. The number of hydrogen-bond donors (Lipinski definition) is 1. The molecule has 1 aliphatic carbocycles. The summed E-state index contributed by atoms with van der Waals surface area (Å²) in [6, 6.07) is 9.16. The zero-order valence-electron chi connectivity index (χ0n) is 16.9. The summed E-state index contributed by atoms with van der Waals surface area (Å²) in [4.78, 5) is 16.6. The van der Waals surface area contributed by atoms with Crippen LogP contribution in [0.5, 0.6) is 0 Å². The first kappa shape index (κ1) is 19.8. The summed E-state index contributed by atoms with van der Waals surface area (Å²) in [7, 11) is 0. The van der Waals surface area contributed by atoms with Gasteiger partial charge in [-0.1, -0.05) is 17.3 Å². The van der Waals surface area contributed by atoms with E-state index in [1.807, 2.05) is 23.9 Å². The first-order valence-electron chi connectivity index (χ1n) is 10.2. The molecule has 0 bridgehead atoms. The Hall–Kier alpha value is -3.49. The van der Waals surface area contributed by atoms with Crippen LogP contribution in [-0.2, 0) is 13.0 Å². The number of nitrogens with one attached hydrogen (secondary N) is 1. The first-order chi connectivity index (χ1) is 14.7. The Morgan fingerprint density at radius 3 is 2.77 bits per heavy atom. The molecule has 2 heterocycles. The topological polar surface area (TPSA) is 113 Å². The first-order valence-corrected chi connectivity index (χ1v) is 10.2. The molecule has 4 rings (SSSR count). The molecule has 9 heteroatoms. The highest BCUT2D eigenvalue weighted by Gasteiger charge is 2.27. The molecule has 3 aromatic rings. The lowest BCUT2D eigenvalue weighted by Gasteiger charge is -2.12. The van der Waals surface area contributed by atoms with Gasteiger partial charge >= 0.3 is 0 Å². The van der Waals surface area contributed by atoms with E-state index in [4.69, 9.17) is 0 Å². The van der Waals surface area contributed by atoms with E-state index in [0.717, 1.165) is 37.2 Å². The van der Waals surface area contributed by atoms with E-state index in [1.165, 1.54) is 0 Å². The summed E-state index contributed by atoms with van der Waals surface area (Å²) >= 11 is 0. The van der Waals surface area contributed by atoms with Crippen molar-refractivity contribution in [3.05, 3.63) is 59.7 Å². The Labute approximate surface area is 174 Å². The van der Waals surface area contributed by atoms with Crippen LogP contribution in [0, 0.1) is 0 Å². The molecule has 30 heavy (non-hydrogen) atoms. The van der Waals surface area contributed by atoms with Gasteiger partial charge in [-0.3, -0.25) is 9.48 Å². The summed E-state index contributed by atoms with van der Waals surface area (Å²) in [6.45, 7) is 3.00. The van der Waals surface area contributed by atoms with Gasteiger partial charge in [-0.05, 0) is 62.3 Å². The summed E-state index contributed by atoms with van der Waals surface area (Å²) in [5.74, 6) is -0.432. The fourth-order valence-electron chi connectivity index (χ4n) is 3.21. The fraction of sp³-hybridized carbons (Fsp3) is 0.381. The Balaban J connectivity index is 1.58. The van der Waals surface area contributed by atoms with Gasteiger partial charge < -0.3 is 15.4 Å². The van der Waals surface area contributed by atoms with Gasteiger partial charge in [-0.25, -0.2) is 4.68 Å². The standard InChI is InChI=1S/C21H25N7O2/c1-2-22-20(29)15-6-10-17(11-7-15)28-18(5-3-13-27-14-4-12-23-27)19(25-26-28)21(30)24-16-8-9-16/h4,6-7,10-12,14,16H,2-3,5,8-9,13H2,1H3,(H,22,29)(H,24,30)/p-1. The normalized spacial score (nSPS) is 14.1. The Morgan fingerprint density at radius 1 is 1.30 bits per heavy atom. The molecule has 0 unspecified atom stereocenters. The van der Waals surface area contributed by atoms with E-state index in [-0.39, 0.29) is 17.8 Å². The van der Waals surface area contributed by atoms with Crippen LogP contribution in [0.4, 0.5) is 0 Å². The number of hydrogen-bond acceptors (Lipinski definition) is 6. The van der Waals surface area contributed by atoms with Crippen LogP contribution in [0.25, 0.3) is 5.69 Å². The number of carbonyl (C=O) groups is 1. The zero-order chi connectivity index (χ0) is 20.9. The Morgan fingerprint density at radius 2 is 2.10 bits per heavy atom. The minimum absolute atomic E-state index is 0.189. The number of rotatable bonds is 9. The second-order valence-corrected chi connectivity index (χ2v) is 7.24. The molecule has 0 saturated heterocycles. The van der Waals surface area contributed by atoms with E-state index in [2.05, 4.69) is 25.7 Å². The molecule has 156 valence electrons. The summed E-state index contributed by atoms with van der Waals surface area (Å²) < 4.78 is 3.53. The maximum absolute atomic E-state index is 12.7. The third-order valence-electron chi connectivity index (χ3n) is 4.91. The minimum Gasteiger partial charge on any atom is -0.858 e. The average molecular weight is 406 g/mol. The van der Waals surface area contributed by atoms with Crippen molar-refractivity contribution in [2.45, 2.75) is 45.2 Å². The van der Waals surface area contributed by atoms with Crippen LogP contribution in [-0.4, -0.2) is 49.2 Å². The zero-order valence-corrected chi connectivity index (χ0v) is 16.9. The molecule has 1 aliphatic rings. The monoisotopic (exact) mass is 406 g/mol. The molecule has 9 nitrogen and oxygen atoms in total. The molecule has 1 saturated carbocycles. The van der Waals surface area contributed by atoms with Gasteiger partial charge in [-0.15, -0.1) is 5.10 Å². The molecule has 0 aliphatic heterocycles. The van der Waals surface area contributed by atoms with Gasteiger partial charge in [0.05, 0.1) is 11.4 Å². The Bertz CT molecular complexity index is 1020. The number of carbonyl (C=O) groups excluding carboxylic acids is 1. The van der Waals surface area contributed by atoms with Crippen LogP contribution in [0.3, 0.4) is 0 Å². The lowest BCUT2D eigenvalue weighted by atomic mass is 10.1. The predicted octanol–water partition coefficient (Wildman–Crippen LogP) is 1.12. The number of benzene rings is 1. The maximum Gasteiger partial charge on any atom is 0.273 e. The van der Waals surface area contributed by atoms with Crippen molar-refractivity contribution >= 4 is 11.8 Å². The number of amides is 1. The highest BCUT2D eigenvalue weighted by molar-refractivity contribution is 5.94. The molecule has 1 amide bonds. The number of aliphatic imine (C=N–C) groups is 1. The van der Waals surface area contributed by atoms with E-state index >= 15 is 0 Å². The molecule has 1 N–H and O–H groups in total. The molecule has 0 spiro atoms. The third kappa shape index (κ3) is 4.56. The molecular formula is C21H24N7O2-. The quantitative estimate of drug-likeness (QED) is 0.423. The van der Waals surface area contributed by atoms with Gasteiger partial charge in [0.25, 0.3) is 5.91 Å². The number of nitrogens with zero attached hydrogens (tertiary/aromatic N) is 6. The van der Waals surface area contributed by atoms with E-state index in [1.54, 1.807) is 35.1 Å². The summed E-state index contributed by atoms with van der Waals surface area (Å²) in [5, 5.41) is 27.6. The van der Waals surface area contributed by atoms with Crippen molar-refractivity contribution in [2.75, 3.05) is 6.54 Å². The smallest absolute Gasteiger partial charge is 0.273 e. The molecule has 0 radical (unpaired) electrons. The van der Waals surface area contributed by atoms with E-state index < -0.39 is 0 Å². The molecule has 1 fully saturated rings. The maximum atomic E-state index is 12.7. The highest BCUT2D eigenvalue weighted by atomic mass is 16.3. The fourth-order valence-corrected chi connectivity index (χ4v) is 3.21.